The van der Waals surface area contributed by atoms with Crippen LogP contribution in [0.15, 0.2) is 24.3 Å². The normalized spacial score (nSPS) is 18.6. The Morgan fingerprint density at radius 3 is 2.81 bits per heavy atom. The van der Waals surface area contributed by atoms with Gasteiger partial charge in [0.1, 0.15) is 6.04 Å². The molecule has 0 radical (unpaired) electrons. The van der Waals surface area contributed by atoms with Crippen LogP contribution in [-0.2, 0) is 11.2 Å². The summed E-state index contributed by atoms with van der Waals surface area (Å²) in [6, 6.07) is 7.83. The molecule has 1 heterocycles. The van der Waals surface area contributed by atoms with Crippen molar-refractivity contribution in [3.63, 3.8) is 0 Å². The standard InChI is InChI=1S/C16H24N2O2.ClH/c1-11(2)14(8-10-19)18-16(20)15-13-6-4-3-5-12(13)7-9-17-15;/h3-6,11,14-15,17,19H,7-10H2,1-2H3,(H,18,20);1H. The molecule has 1 aromatic carbocycles. The Morgan fingerprint density at radius 1 is 1.43 bits per heavy atom. The van der Waals surface area contributed by atoms with Gasteiger partial charge in [0.15, 0.2) is 0 Å². The third-order valence-electron chi connectivity index (χ3n) is 3.94. The zero-order chi connectivity index (χ0) is 14.5. The molecule has 1 amide bonds. The topological polar surface area (TPSA) is 61.4 Å². The number of hydrogen-bond donors (Lipinski definition) is 3. The Hall–Kier alpha value is -1.10. The summed E-state index contributed by atoms with van der Waals surface area (Å²) in [5, 5.41) is 15.5. The predicted molar refractivity (Wildman–Crippen MR) is 86.6 cm³/mol. The molecule has 5 heteroatoms. The van der Waals surface area contributed by atoms with Crippen molar-refractivity contribution in [3.8, 4) is 0 Å². The Labute approximate surface area is 132 Å². The Kier molecular flexibility index (Phi) is 7.15. The average molecular weight is 313 g/mol. The first-order chi connectivity index (χ1) is 9.63. The van der Waals surface area contributed by atoms with Crippen molar-refractivity contribution in [1.82, 2.24) is 10.6 Å². The molecule has 2 atom stereocenters. The number of fused-ring (bicyclic) bond motifs is 1. The highest BCUT2D eigenvalue weighted by atomic mass is 35.5. The van der Waals surface area contributed by atoms with Crippen molar-refractivity contribution in [2.45, 2.75) is 38.8 Å². The van der Waals surface area contributed by atoms with E-state index < -0.39 is 0 Å². The predicted octanol–water partition coefficient (Wildman–Crippen LogP) is 1.82. The van der Waals surface area contributed by atoms with Gasteiger partial charge in [0.2, 0.25) is 5.91 Å². The molecule has 0 saturated heterocycles. The lowest BCUT2D eigenvalue weighted by atomic mass is 9.93. The fourth-order valence-electron chi connectivity index (χ4n) is 2.72. The smallest absolute Gasteiger partial charge is 0.241 e. The lowest BCUT2D eigenvalue weighted by Gasteiger charge is -2.29. The number of aliphatic hydroxyl groups is 1. The molecule has 0 fully saturated rings. The second-order valence-corrected chi connectivity index (χ2v) is 5.71. The summed E-state index contributed by atoms with van der Waals surface area (Å²) in [7, 11) is 0. The van der Waals surface area contributed by atoms with Crippen molar-refractivity contribution >= 4 is 18.3 Å². The van der Waals surface area contributed by atoms with Crippen LogP contribution in [0, 0.1) is 5.92 Å². The SMILES string of the molecule is CC(C)C(CCO)NC(=O)C1NCCc2ccccc21.Cl. The number of hydrogen-bond acceptors (Lipinski definition) is 3. The molecular formula is C16H25ClN2O2. The maximum Gasteiger partial charge on any atom is 0.241 e. The highest BCUT2D eigenvalue weighted by Crippen LogP contribution is 2.23. The zero-order valence-corrected chi connectivity index (χ0v) is 13.5. The van der Waals surface area contributed by atoms with Gasteiger partial charge in [-0.15, -0.1) is 12.4 Å². The molecule has 0 spiro atoms. The molecule has 2 unspecified atom stereocenters. The number of aliphatic hydroxyl groups excluding tert-OH is 1. The number of benzene rings is 1. The molecule has 0 aromatic heterocycles. The second-order valence-electron chi connectivity index (χ2n) is 5.71. The molecule has 21 heavy (non-hydrogen) atoms. The van der Waals surface area contributed by atoms with E-state index in [4.69, 9.17) is 5.11 Å². The number of amides is 1. The van der Waals surface area contributed by atoms with Gasteiger partial charge >= 0.3 is 0 Å². The minimum atomic E-state index is -0.278. The Balaban J connectivity index is 0.00000220. The van der Waals surface area contributed by atoms with Gasteiger partial charge in [-0.2, -0.15) is 0 Å². The van der Waals surface area contributed by atoms with Crippen molar-refractivity contribution in [1.29, 1.82) is 0 Å². The molecule has 4 nitrogen and oxygen atoms in total. The molecule has 1 aliphatic heterocycles. The van der Waals surface area contributed by atoms with Gasteiger partial charge in [-0.3, -0.25) is 4.79 Å². The quantitative estimate of drug-likeness (QED) is 0.777. The number of nitrogens with one attached hydrogen (secondary N) is 2. The van der Waals surface area contributed by atoms with Crippen molar-refractivity contribution < 1.29 is 9.90 Å². The van der Waals surface area contributed by atoms with Gasteiger partial charge in [0, 0.05) is 19.2 Å². The van der Waals surface area contributed by atoms with Crippen LogP contribution in [0.3, 0.4) is 0 Å². The van der Waals surface area contributed by atoms with E-state index in [9.17, 15) is 4.79 Å². The summed E-state index contributed by atoms with van der Waals surface area (Å²) in [5.41, 5.74) is 2.32. The first-order valence-electron chi connectivity index (χ1n) is 7.36. The average Bonchev–Trinajstić information content (AvgIpc) is 2.46. The summed E-state index contributed by atoms with van der Waals surface area (Å²) >= 11 is 0. The first kappa shape index (κ1) is 18.0. The molecular weight excluding hydrogens is 288 g/mol. The van der Waals surface area contributed by atoms with E-state index in [1.54, 1.807) is 0 Å². The van der Waals surface area contributed by atoms with Crippen LogP contribution < -0.4 is 10.6 Å². The summed E-state index contributed by atoms with van der Waals surface area (Å²) in [5.74, 6) is 0.314. The van der Waals surface area contributed by atoms with E-state index in [0.717, 1.165) is 18.5 Å². The molecule has 118 valence electrons. The van der Waals surface area contributed by atoms with E-state index in [1.165, 1.54) is 5.56 Å². The summed E-state index contributed by atoms with van der Waals surface area (Å²) in [6.07, 6.45) is 1.56. The molecule has 0 bridgehead atoms. The molecule has 2 rings (SSSR count). The van der Waals surface area contributed by atoms with Gasteiger partial charge in [0.05, 0.1) is 0 Å². The highest BCUT2D eigenvalue weighted by Gasteiger charge is 2.27. The van der Waals surface area contributed by atoms with Crippen LogP contribution in [-0.4, -0.2) is 30.2 Å². The van der Waals surface area contributed by atoms with E-state index in [-0.39, 0.29) is 37.0 Å². The monoisotopic (exact) mass is 312 g/mol. The van der Waals surface area contributed by atoms with Gasteiger partial charge < -0.3 is 15.7 Å². The number of halogens is 1. The lowest BCUT2D eigenvalue weighted by molar-refractivity contribution is -0.124. The third-order valence-corrected chi connectivity index (χ3v) is 3.94. The van der Waals surface area contributed by atoms with Gasteiger partial charge in [0.25, 0.3) is 0 Å². The van der Waals surface area contributed by atoms with Gasteiger partial charge in [-0.1, -0.05) is 38.1 Å². The van der Waals surface area contributed by atoms with Crippen LogP contribution in [0.25, 0.3) is 0 Å². The van der Waals surface area contributed by atoms with Crippen LogP contribution in [0.1, 0.15) is 37.4 Å². The largest absolute Gasteiger partial charge is 0.396 e. The number of carbonyl (C=O) groups excluding carboxylic acids is 1. The Bertz CT molecular complexity index is 465. The van der Waals surface area contributed by atoms with Crippen LogP contribution in [0.5, 0.6) is 0 Å². The number of carbonyl (C=O) groups is 1. The molecule has 1 aliphatic rings. The summed E-state index contributed by atoms with van der Waals surface area (Å²) in [4.78, 5) is 12.5. The van der Waals surface area contributed by atoms with E-state index in [0.29, 0.717) is 12.3 Å². The minimum absolute atomic E-state index is 0. The van der Waals surface area contributed by atoms with E-state index >= 15 is 0 Å². The van der Waals surface area contributed by atoms with E-state index in [2.05, 4.69) is 30.5 Å². The van der Waals surface area contributed by atoms with Crippen molar-refractivity contribution in [2.75, 3.05) is 13.2 Å². The van der Waals surface area contributed by atoms with Crippen LogP contribution in [0.4, 0.5) is 0 Å². The maximum absolute atomic E-state index is 12.5. The maximum atomic E-state index is 12.5. The van der Waals surface area contributed by atoms with Crippen LogP contribution in [0.2, 0.25) is 0 Å². The molecule has 1 aromatic rings. The van der Waals surface area contributed by atoms with Crippen LogP contribution >= 0.6 is 12.4 Å². The Morgan fingerprint density at radius 2 is 2.14 bits per heavy atom. The summed E-state index contributed by atoms with van der Waals surface area (Å²) < 4.78 is 0. The second kappa shape index (κ2) is 8.37. The van der Waals surface area contributed by atoms with Crippen molar-refractivity contribution in [3.05, 3.63) is 35.4 Å². The fraction of sp³-hybridized carbons (Fsp3) is 0.562. The van der Waals surface area contributed by atoms with Gasteiger partial charge in [-0.25, -0.2) is 0 Å². The highest BCUT2D eigenvalue weighted by molar-refractivity contribution is 5.85. The minimum Gasteiger partial charge on any atom is -0.396 e. The zero-order valence-electron chi connectivity index (χ0n) is 12.6. The van der Waals surface area contributed by atoms with E-state index in [1.807, 2.05) is 18.2 Å². The summed E-state index contributed by atoms with van der Waals surface area (Å²) in [6.45, 7) is 5.03. The fourth-order valence-corrected chi connectivity index (χ4v) is 2.72. The lowest BCUT2D eigenvalue weighted by Crippen LogP contribution is -2.47. The molecule has 0 aliphatic carbocycles. The van der Waals surface area contributed by atoms with Crippen molar-refractivity contribution in [2.24, 2.45) is 5.92 Å². The first-order valence-corrected chi connectivity index (χ1v) is 7.36. The molecule has 3 N–H and O–H groups in total. The van der Waals surface area contributed by atoms with Gasteiger partial charge in [-0.05, 0) is 29.9 Å². The number of rotatable bonds is 5. The molecule has 0 saturated carbocycles. The third kappa shape index (κ3) is 4.43.